The zero-order chi connectivity index (χ0) is 38.6. The lowest BCUT2D eigenvalue weighted by Crippen LogP contribution is -2.10. The second kappa shape index (κ2) is 15.9. The van der Waals surface area contributed by atoms with Gasteiger partial charge in [0.15, 0.2) is 0 Å². The number of hydrogen-bond acceptors (Lipinski definition) is 1. The van der Waals surface area contributed by atoms with Crippen LogP contribution in [0, 0.1) is 0 Å². The molecule has 0 fully saturated rings. The molecule has 0 aliphatic carbocycles. The highest BCUT2D eigenvalue weighted by Crippen LogP contribution is 2.39. The van der Waals surface area contributed by atoms with Crippen molar-refractivity contribution in [1.29, 1.82) is 0 Å². The molecule has 2 nitrogen and oxygen atoms in total. The zero-order valence-electron chi connectivity index (χ0n) is 32.4. The van der Waals surface area contributed by atoms with E-state index >= 15 is 0 Å². The Balaban J connectivity index is 1.08. The first kappa shape index (κ1) is 35.5. The average molecular weight is 733 g/mol. The Kier molecular flexibility index (Phi) is 9.91. The van der Waals surface area contributed by atoms with Gasteiger partial charge in [0.2, 0.25) is 0 Å². The SMILES string of the molecule is C/C=C\C(=C/CC)c1ccc(N(c2ccc(-c3ccccc3)cc2)c2ccc(-c3ccc4c(c3)c3ccccc3n4-c3ccc(-c4ccccc4)cc3)cc2)cc1. The van der Waals surface area contributed by atoms with E-state index in [0.29, 0.717) is 0 Å². The molecule has 0 radical (unpaired) electrons. The highest BCUT2D eigenvalue weighted by Gasteiger charge is 2.16. The zero-order valence-corrected chi connectivity index (χ0v) is 32.4. The number of benzene rings is 8. The molecule has 0 spiro atoms. The Labute approximate surface area is 335 Å². The number of rotatable bonds is 10. The molecular weight excluding hydrogens is 689 g/mol. The van der Waals surface area contributed by atoms with Crippen molar-refractivity contribution in [3.05, 3.63) is 224 Å². The van der Waals surface area contributed by atoms with Gasteiger partial charge in [-0.25, -0.2) is 0 Å². The number of allylic oxidation sites excluding steroid dienone is 4. The van der Waals surface area contributed by atoms with Gasteiger partial charge in [0.1, 0.15) is 0 Å². The van der Waals surface area contributed by atoms with E-state index in [-0.39, 0.29) is 0 Å². The van der Waals surface area contributed by atoms with Crippen molar-refractivity contribution >= 4 is 44.4 Å². The van der Waals surface area contributed by atoms with Crippen LogP contribution in [0.15, 0.2) is 218 Å². The van der Waals surface area contributed by atoms with Crippen LogP contribution in [-0.4, -0.2) is 4.57 Å². The van der Waals surface area contributed by atoms with Crippen LogP contribution in [0.1, 0.15) is 25.8 Å². The van der Waals surface area contributed by atoms with Crippen LogP contribution in [0.2, 0.25) is 0 Å². The molecule has 2 heteroatoms. The molecule has 8 aromatic carbocycles. The van der Waals surface area contributed by atoms with Gasteiger partial charge in [-0.2, -0.15) is 0 Å². The average Bonchev–Trinajstić information content (AvgIpc) is 3.61. The van der Waals surface area contributed by atoms with Crippen molar-refractivity contribution in [2.45, 2.75) is 20.3 Å². The van der Waals surface area contributed by atoms with Crippen LogP contribution < -0.4 is 4.90 Å². The summed E-state index contributed by atoms with van der Waals surface area (Å²) in [7, 11) is 0. The van der Waals surface area contributed by atoms with Gasteiger partial charge in [-0.3, -0.25) is 0 Å². The molecule has 9 aromatic rings. The third-order valence-electron chi connectivity index (χ3n) is 10.8. The number of fused-ring (bicyclic) bond motifs is 3. The van der Waals surface area contributed by atoms with Crippen LogP contribution in [0.5, 0.6) is 0 Å². The first-order valence-corrected chi connectivity index (χ1v) is 19.9. The van der Waals surface area contributed by atoms with E-state index in [4.69, 9.17) is 0 Å². The fourth-order valence-corrected chi connectivity index (χ4v) is 8.03. The van der Waals surface area contributed by atoms with E-state index in [9.17, 15) is 0 Å². The van der Waals surface area contributed by atoms with Crippen molar-refractivity contribution < 1.29 is 0 Å². The summed E-state index contributed by atoms with van der Waals surface area (Å²) < 4.78 is 2.39. The Bertz CT molecular complexity index is 2830. The molecule has 0 aliphatic rings. The molecule has 0 N–H and O–H groups in total. The maximum atomic E-state index is 2.39. The minimum atomic E-state index is 0.992. The predicted molar refractivity (Wildman–Crippen MR) is 245 cm³/mol. The number of nitrogens with zero attached hydrogens (tertiary/aromatic N) is 2. The monoisotopic (exact) mass is 732 g/mol. The van der Waals surface area contributed by atoms with E-state index in [1.807, 2.05) is 0 Å². The Morgan fingerprint density at radius 3 is 1.47 bits per heavy atom. The molecule has 0 atom stereocenters. The fourth-order valence-electron chi connectivity index (χ4n) is 8.03. The fraction of sp³-hybridized carbons (Fsp3) is 0.0545. The summed E-state index contributed by atoms with van der Waals surface area (Å²) in [6, 6.07) is 72.5. The minimum absolute atomic E-state index is 0.992. The Morgan fingerprint density at radius 2 is 0.912 bits per heavy atom. The Hall–Kier alpha value is -7.16. The van der Waals surface area contributed by atoms with E-state index < -0.39 is 0 Å². The Morgan fingerprint density at radius 1 is 0.456 bits per heavy atom. The van der Waals surface area contributed by atoms with E-state index in [0.717, 1.165) is 29.2 Å². The van der Waals surface area contributed by atoms with Gasteiger partial charge < -0.3 is 9.47 Å². The molecule has 1 heterocycles. The topological polar surface area (TPSA) is 8.17 Å². The van der Waals surface area contributed by atoms with Crippen molar-refractivity contribution in [3.63, 3.8) is 0 Å². The molecular formula is C55H44N2. The summed E-state index contributed by atoms with van der Waals surface area (Å²) in [6.45, 7) is 4.26. The summed E-state index contributed by atoms with van der Waals surface area (Å²) in [5, 5.41) is 2.49. The summed E-state index contributed by atoms with van der Waals surface area (Å²) >= 11 is 0. The van der Waals surface area contributed by atoms with E-state index in [1.165, 1.54) is 66.3 Å². The van der Waals surface area contributed by atoms with Crippen LogP contribution in [0.3, 0.4) is 0 Å². The van der Waals surface area contributed by atoms with Crippen molar-refractivity contribution in [2.24, 2.45) is 0 Å². The lowest BCUT2D eigenvalue weighted by molar-refractivity contribution is 1.18. The number of hydrogen-bond donors (Lipinski definition) is 0. The van der Waals surface area contributed by atoms with Gasteiger partial charge in [-0.05, 0) is 125 Å². The summed E-state index contributed by atoms with van der Waals surface area (Å²) in [5.41, 5.74) is 16.6. The van der Waals surface area contributed by atoms with Crippen molar-refractivity contribution in [1.82, 2.24) is 4.57 Å². The lowest BCUT2D eigenvalue weighted by atomic mass is 10.0. The minimum Gasteiger partial charge on any atom is -0.311 e. The maximum Gasteiger partial charge on any atom is 0.0541 e. The van der Waals surface area contributed by atoms with E-state index in [2.05, 4.69) is 242 Å². The highest BCUT2D eigenvalue weighted by molar-refractivity contribution is 6.10. The third-order valence-corrected chi connectivity index (χ3v) is 10.8. The first-order valence-electron chi connectivity index (χ1n) is 19.9. The molecule has 0 aliphatic heterocycles. The van der Waals surface area contributed by atoms with Crippen LogP contribution in [0.4, 0.5) is 17.1 Å². The molecule has 0 amide bonds. The number of anilines is 3. The first-order chi connectivity index (χ1) is 28.2. The second-order valence-corrected chi connectivity index (χ2v) is 14.4. The van der Waals surface area contributed by atoms with Gasteiger partial charge >= 0.3 is 0 Å². The smallest absolute Gasteiger partial charge is 0.0541 e. The summed E-state index contributed by atoms with van der Waals surface area (Å²) in [4.78, 5) is 2.35. The second-order valence-electron chi connectivity index (χ2n) is 14.4. The number of para-hydroxylation sites is 1. The molecule has 0 saturated carbocycles. The van der Waals surface area contributed by atoms with Gasteiger partial charge in [0.25, 0.3) is 0 Å². The lowest BCUT2D eigenvalue weighted by Gasteiger charge is -2.26. The molecule has 0 unspecified atom stereocenters. The summed E-state index contributed by atoms with van der Waals surface area (Å²) in [6.07, 6.45) is 7.57. The third kappa shape index (κ3) is 7.10. The van der Waals surface area contributed by atoms with Gasteiger partial charge in [-0.1, -0.05) is 159 Å². The van der Waals surface area contributed by atoms with Gasteiger partial charge in [0.05, 0.1) is 11.0 Å². The van der Waals surface area contributed by atoms with Crippen molar-refractivity contribution in [2.75, 3.05) is 4.90 Å². The standard InChI is InChI=1S/C55H44N2/c1-3-13-40(14-4-2)43-21-30-48(31-22-43)56(49-32-23-44(24-33-49)41-15-7-5-8-16-41)50-34-27-46(28-35-50)47-29-38-55-53(39-47)52-19-11-12-20-54(52)57(55)51-36-25-45(26-37-51)42-17-9-6-10-18-42/h3,5-39H,4H2,1-2H3/b13-3-,40-14+. The normalized spacial score (nSPS) is 11.8. The van der Waals surface area contributed by atoms with Crippen molar-refractivity contribution in [3.8, 4) is 39.1 Å². The maximum absolute atomic E-state index is 2.39. The number of aromatic nitrogens is 1. The molecule has 0 saturated heterocycles. The molecule has 1 aromatic heterocycles. The molecule has 57 heavy (non-hydrogen) atoms. The molecule has 9 rings (SSSR count). The van der Waals surface area contributed by atoms with Crippen LogP contribution in [0.25, 0.3) is 66.4 Å². The van der Waals surface area contributed by atoms with Crippen LogP contribution >= 0.6 is 0 Å². The van der Waals surface area contributed by atoms with Gasteiger partial charge in [0, 0.05) is 33.5 Å². The highest BCUT2D eigenvalue weighted by atomic mass is 15.1. The van der Waals surface area contributed by atoms with Crippen LogP contribution in [-0.2, 0) is 0 Å². The molecule has 0 bridgehead atoms. The van der Waals surface area contributed by atoms with Gasteiger partial charge in [-0.15, -0.1) is 0 Å². The largest absolute Gasteiger partial charge is 0.311 e. The predicted octanol–water partition coefficient (Wildman–Crippen LogP) is 15.6. The molecule has 274 valence electrons. The summed E-state index contributed by atoms with van der Waals surface area (Å²) in [5.74, 6) is 0. The quantitative estimate of drug-likeness (QED) is 0.127. The van der Waals surface area contributed by atoms with E-state index in [1.54, 1.807) is 0 Å².